The summed E-state index contributed by atoms with van der Waals surface area (Å²) in [6, 6.07) is 7.29. The Labute approximate surface area is 142 Å². The van der Waals surface area contributed by atoms with E-state index < -0.39 is 23.3 Å². The Morgan fingerprint density at radius 3 is 2.75 bits per heavy atom. The van der Waals surface area contributed by atoms with Crippen LogP contribution in [-0.2, 0) is 4.74 Å². The fraction of sp³-hybridized carbons (Fsp3) is 0.188. The number of carbonyl (C=O) groups is 2. The van der Waals surface area contributed by atoms with Gasteiger partial charge in [-0.15, -0.1) is 11.8 Å². The highest BCUT2D eigenvalue weighted by molar-refractivity contribution is 7.98. The molecule has 0 amide bonds. The van der Waals surface area contributed by atoms with Crippen LogP contribution in [0.5, 0.6) is 0 Å². The molecule has 0 radical (unpaired) electrons. The van der Waals surface area contributed by atoms with Crippen LogP contribution in [0.15, 0.2) is 41.6 Å². The number of thioether (sulfide) groups is 1. The molecule has 0 bridgehead atoms. The summed E-state index contributed by atoms with van der Waals surface area (Å²) in [5.41, 5.74) is 0.696. The summed E-state index contributed by atoms with van der Waals surface area (Å²) >= 11 is 1.29. The molecule has 1 aromatic carbocycles. The Kier molecular flexibility index (Phi) is 5.64. The number of ether oxygens (including phenoxy) is 1. The smallest absolute Gasteiger partial charge is 0.341 e. The van der Waals surface area contributed by atoms with Crippen molar-refractivity contribution in [3.8, 4) is 0 Å². The fourth-order valence-corrected chi connectivity index (χ4v) is 2.52. The molecule has 2 rings (SSSR count). The Balaban J connectivity index is 2.09. The number of hydrogen-bond donors (Lipinski definition) is 0. The van der Waals surface area contributed by atoms with Crippen LogP contribution in [0, 0.1) is 17.0 Å². The molecular weight excluding hydrogens is 332 g/mol. The van der Waals surface area contributed by atoms with Crippen molar-refractivity contribution >= 4 is 29.2 Å². The summed E-state index contributed by atoms with van der Waals surface area (Å²) in [5, 5.41) is 11.4. The van der Waals surface area contributed by atoms with Gasteiger partial charge in [-0.3, -0.25) is 14.9 Å². The monoisotopic (exact) mass is 346 g/mol. The first-order chi connectivity index (χ1) is 11.4. The lowest BCUT2D eigenvalue weighted by Crippen LogP contribution is -2.15. The standard InChI is InChI=1S/C16H14N2O5S/c1-10-5-6-11(8-13(10)18(21)22)14(19)9-23-16(20)12-4-3-7-17-15(12)24-2/h3-8H,9H2,1-2H3. The molecular formula is C16H14N2O5S. The molecule has 1 aromatic heterocycles. The maximum absolute atomic E-state index is 12.1. The summed E-state index contributed by atoms with van der Waals surface area (Å²) in [6.07, 6.45) is 3.33. The molecule has 0 aliphatic heterocycles. The van der Waals surface area contributed by atoms with Gasteiger partial charge < -0.3 is 4.74 Å². The molecule has 1 heterocycles. The lowest BCUT2D eigenvalue weighted by atomic mass is 10.1. The van der Waals surface area contributed by atoms with Gasteiger partial charge in [-0.1, -0.05) is 12.1 Å². The van der Waals surface area contributed by atoms with Crippen LogP contribution in [0.4, 0.5) is 5.69 Å². The van der Waals surface area contributed by atoms with Gasteiger partial charge >= 0.3 is 5.97 Å². The number of nitrogens with zero attached hydrogens (tertiary/aromatic N) is 2. The zero-order valence-electron chi connectivity index (χ0n) is 13.0. The predicted octanol–water partition coefficient (Wildman–Crippen LogP) is 3.06. The molecule has 0 saturated heterocycles. The van der Waals surface area contributed by atoms with Crippen LogP contribution in [0.3, 0.4) is 0 Å². The number of nitro benzene ring substituents is 1. The Morgan fingerprint density at radius 1 is 1.33 bits per heavy atom. The highest BCUT2D eigenvalue weighted by atomic mass is 32.2. The first-order valence-corrected chi connectivity index (χ1v) is 8.11. The summed E-state index contributed by atoms with van der Waals surface area (Å²) < 4.78 is 5.01. The molecule has 0 unspecified atom stereocenters. The number of nitro groups is 1. The van der Waals surface area contributed by atoms with Crippen molar-refractivity contribution in [1.82, 2.24) is 4.98 Å². The number of ketones is 1. The van der Waals surface area contributed by atoms with Gasteiger partial charge in [-0.05, 0) is 25.3 Å². The number of hydrogen-bond acceptors (Lipinski definition) is 7. The van der Waals surface area contributed by atoms with Gasteiger partial charge in [0.15, 0.2) is 6.61 Å². The summed E-state index contributed by atoms with van der Waals surface area (Å²) in [5.74, 6) is -1.18. The summed E-state index contributed by atoms with van der Waals surface area (Å²) in [4.78, 5) is 38.6. The minimum absolute atomic E-state index is 0.122. The molecule has 0 saturated carbocycles. The summed E-state index contributed by atoms with van der Waals surface area (Å²) in [7, 11) is 0. The second-order valence-electron chi connectivity index (χ2n) is 4.82. The number of aryl methyl sites for hydroxylation is 1. The number of rotatable bonds is 6. The number of Topliss-reactive ketones (excluding diaryl/α,β-unsaturated/α-hetero) is 1. The van der Waals surface area contributed by atoms with E-state index >= 15 is 0 Å². The van der Waals surface area contributed by atoms with E-state index in [2.05, 4.69) is 4.98 Å². The Hall–Kier alpha value is -2.74. The molecule has 0 fully saturated rings. The van der Waals surface area contributed by atoms with E-state index in [0.717, 1.165) is 0 Å². The third kappa shape index (κ3) is 3.96. The molecule has 0 spiro atoms. The van der Waals surface area contributed by atoms with Crippen LogP contribution in [-0.4, -0.2) is 34.5 Å². The third-order valence-corrected chi connectivity index (χ3v) is 3.96. The quantitative estimate of drug-likeness (QED) is 0.260. The van der Waals surface area contributed by atoms with Crippen molar-refractivity contribution in [1.29, 1.82) is 0 Å². The number of aromatic nitrogens is 1. The fourth-order valence-electron chi connectivity index (χ4n) is 1.98. The first-order valence-electron chi connectivity index (χ1n) is 6.88. The molecule has 0 aliphatic rings. The lowest BCUT2D eigenvalue weighted by molar-refractivity contribution is -0.385. The van der Waals surface area contributed by atoms with Crippen LogP contribution in [0.1, 0.15) is 26.3 Å². The molecule has 2 aromatic rings. The zero-order valence-corrected chi connectivity index (χ0v) is 13.8. The van der Waals surface area contributed by atoms with Gasteiger partial charge in [0.2, 0.25) is 5.78 Å². The van der Waals surface area contributed by atoms with Crippen molar-refractivity contribution in [2.75, 3.05) is 12.9 Å². The zero-order chi connectivity index (χ0) is 17.7. The molecule has 0 N–H and O–H groups in total. The van der Waals surface area contributed by atoms with Gasteiger partial charge in [-0.2, -0.15) is 0 Å². The normalized spacial score (nSPS) is 10.2. The van der Waals surface area contributed by atoms with Gasteiger partial charge in [-0.25, -0.2) is 9.78 Å². The molecule has 124 valence electrons. The number of carbonyl (C=O) groups excluding carboxylic acids is 2. The van der Waals surface area contributed by atoms with E-state index in [9.17, 15) is 19.7 Å². The topological polar surface area (TPSA) is 99.4 Å². The average Bonchev–Trinajstić information content (AvgIpc) is 2.59. The molecule has 7 nitrogen and oxygen atoms in total. The Morgan fingerprint density at radius 2 is 2.08 bits per heavy atom. The SMILES string of the molecule is CSc1ncccc1C(=O)OCC(=O)c1ccc(C)c([N+](=O)[O-])c1. The van der Waals surface area contributed by atoms with E-state index in [1.165, 1.54) is 30.0 Å². The van der Waals surface area contributed by atoms with Crippen molar-refractivity contribution < 1.29 is 19.2 Å². The van der Waals surface area contributed by atoms with Crippen LogP contribution in [0.25, 0.3) is 0 Å². The van der Waals surface area contributed by atoms with Gasteiger partial charge in [0.25, 0.3) is 5.69 Å². The van der Waals surface area contributed by atoms with Gasteiger partial charge in [0.1, 0.15) is 5.03 Å². The van der Waals surface area contributed by atoms with E-state index in [-0.39, 0.29) is 16.8 Å². The van der Waals surface area contributed by atoms with E-state index in [4.69, 9.17) is 4.74 Å². The summed E-state index contributed by atoms with van der Waals surface area (Å²) in [6.45, 7) is 1.08. The van der Waals surface area contributed by atoms with Crippen molar-refractivity contribution in [2.45, 2.75) is 11.9 Å². The highest BCUT2D eigenvalue weighted by Crippen LogP contribution is 2.20. The predicted molar refractivity (Wildman–Crippen MR) is 88.5 cm³/mol. The molecule has 0 atom stereocenters. The maximum atomic E-state index is 12.1. The average molecular weight is 346 g/mol. The van der Waals surface area contributed by atoms with Crippen molar-refractivity contribution in [2.24, 2.45) is 0 Å². The Bertz CT molecular complexity index is 807. The van der Waals surface area contributed by atoms with E-state index in [1.807, 2.05) is 0 Å². The van der Waals surface area contributed by atoms with E-state index in [0.29, 0.717) is 10.6 Å². The van der Waals surface area contributed by atoms with Crippen LogP contribution >= 0.6 is 11.8 Å². The second kappa shape index (κ2) is 7.69. The van der Waals surface area contributed by atoms with Crippen molar-refractivity contribution in [3.63, 3.8) is 0 Å². The molecule has 0 aliphatic carbocycles. The highest BCUT2D eigenvalue weighted by Gasteiger charge is 2.18. The molecule has 8 heteroatoms. The number of esters is 1. The number of benzene rings is 1. The number of pyridine rings is 1. The van der Waals surface area contributed by atoms with Gasteiger partial charge in [0.05, 0.1) is 10.5 Å². The minimum Gasteiger partial charge on any atom is -0.454 e. The second-order valence-corrected chi connectivity index (χ2v) is 5.61. The lowest BCUT2D eigenvalue weighted by Gasteiger charge is -2.07. The van der Waals surface area contributed by atoms with Crippen molar-refractivity contribution in [3.05, 3.63) is 63.3 Å². The van der Waals surface area contributed by atoms with Crippen LogP contribution < -0.4 is 0 Å². The molecule has 24 heavy (non-hydrogen) atoms. The van der Waals surface area contributed by atoms with E-state index in [1.54, 1.807) is 31.5 Å². The first kappa shape index (κ1) is 17.6. The maximum Gasteiger partial charge on any atom is 0.341 e. The minimum atomic E-state index is -0.664. The van der Waals surface area contributed by atoms with Gasteiger partial charge in [0, 0.05) is 23.4 Å². The third-order valence-electron chi connectivity index (χ3n) is 3.25. The largest absolute Gasteiger partial charge is 0.454 e. The van der Waals surface area contributed by atoms with Crippen LogP contribution in [0.2, 0.25) is 0 Å².